The van der Waals surface area contributed by atoms with Gasteiger partial charge in [-0.25, -0.2) is 0 Å². The SMILES string of the molecule is CC1CCC(OC2CCC(C(C)(C)C)CC2OC2CCC(C)C(C)C2)CC1C. The summed E-state index contributed by atoms with van der Waals surface area (Å²) in [5.41, 5.74) is 0.371. The molecule has 3 aliphatic rings. The summed E-state index contributed by atoms with van der Waals surface area (Å²) in [5, 5.41) is 0. The topological polar surface area (TPSA) is 18.5 Å². The molecule has 0 aromatic rings. The molecule has 3 fully saturated rings. The highest BCUT2D eigenvalue weighted by Crippen LogP contribution is 2.43. The second-order valence-corrected chi connectivity index (χ2v) is 12.0. The van der Waals surface area contributed by atoms with Crippen LogP contribution in [0.3, 0.4) is 0 Å². The summed E-state index contributed by atoms with van der Waals surface area (Å²) in [7, 11) is 0. The van der Waals surface area contributed by atoms with Gasteiger partial charge in [0.15, 0.2) is 0 Å². The van der Waals surface area contributed by atoms with Crippen molar-refractivity contribution in [2.45, 2.75) is 131 Å². The zero-order valence-corrected chi connectivity index (χ0v) is 19.9. The van der Waals surface area contributed by atoms with Crippen LogP contribution in [0.2, 0.25) is 0 Å². The van der Waals surface area contributed by atoms with E-state index in [1.165, 1.54) is 57.8 Å². The average Bonchev–Trinajstić information content (AvgIpc) is 2.62. The molecule has 0 amide bonds. The Balaban J connectivity index is 1.63. The van der Waals surface area contributed by atoms with Crippen molar-refractivity contribution in [1.82, 2.24) is 0 Å². The molecule has 2 nitrogen and oxygen atoms in total. The van der Waals surface area contributed by atoms with Gasteiger partial charge >= 0.3 is 0 Å². The first-order valence-electron chi connectivity index (χ1n) is 12.4. The van der Waals surface area contributed by atoms with E-state index in [9.17, 15) is 0 Å². The van der Waals surface area contributed by atoms with Gasteiger partial charge in [0.25, 0.3) is 0 Å². The van der Waals surface area contributed by atoms with Crippen LogP contribution in [-0.2, 0) is 9.47 Å². The maximum atomic E-state index is 6.85. The molecule has 9 unspecified atom stereocenters. The summed E-state index contributed by atoms with van der Waals surface area (Å²) in [5.74, 6) is 4.05. The van der Waals surface area contributed by atoms with E-state index in [1.54, 1.807) is 0 Å². The molecule has 3 rings (SSSR count). The van der Waals surface area contributed by atoms with Gasteiger partial charge in [0.1, 0.15) is 0 Å². The Morgan fingerprint density at radius 3 is 1.50 bits per heavy atom. The van der Waals surface area contributed by atoms with Crippen LogP contribution in [0.5, 0.6) is 0 Å². The monoisotopic (exact) mass is 392 g/mol. The molecule has 9 atom stereocenters. The number of hydrogen-bond donors (Lipinski definition) is 0. The first-order chi connectivity index (χ1) is 13.1. The van der Waals surface area contributed by atoms with Crippen LogP contribution in [0, 0.1) is 35.0 Å². The lowest BCUT2D eigenvalue weighted by atomic mass is 9.70. The van der Waals surface area contributed by atoms with E-state index in [1.807, 2.05) is 0 Å². The smallest absolute Gasteiger partial charge is 0.0843 e. The second-order valence-electron chi connectivity index (χ2n) is 12.0. The molecule has 0 radical (unpaired) electrons. The van der Waals surface area contributed by atoms with E-state index >= 15 is 0 Å². The highest BCUT2D eigenvalue weighted by Gasteiger charge is 2.40. The lowest BCUT2D eigenvalue weighted by Crippen LogP contribution is -2.46. The van der Waals surface area contributed by atoms with Gasteiger partial charge in [-0.05, 0) is 92.8 Å². The van der Waals surface area contributed by atoms with E-state index in [0.29, 0.717) is 29.8 Å². The molecule has 0 aliphatic heterocycles. The molecule has 0 aromatic carbocycles. The quantitative estimate of drug-likeness (QED) is 0.501. The Hall–Kier alpha value is -0.0800. The van der Waals surface area contributed by atoms with E-state index in [0.717, 1.165) is 29.6 Å². The highest BCUT2D eigenvalue weighted by molar-refractivity contribution is 4.90. The summed E-state index contributed by atoms with van der Waals surface area (Å²) in [4.78, 5) is 0. The van der Waals surface area contributed by atoms with Crippen LogP contribution < -0.4 is 0 Å². The number of rotatable bonds is 4. The lowest BCUT2D eigenvalue weighted by molar-refractivity contribution is -0.169. The van der Waals surface area contributed by atoms with E-state index < -0.39 is 0 Å². The van der Waals surface area contributed by atoms with Gasteiger partial charge in [0.2, 0.25) is 0 Å². The minimum absolute atomic E-state index is 0.304. The summed E-state index contributed by atoms with van der Waals surface area (Å²) in [6, 6.07) is 0. The van der Waals surface area contributed by atoms with Gasteiger partial charge in [0, 0.05) is 0 Å². The molecular weight excluding hydrogens is 344 g/mol. The average molecular weight is 393 g/mol. The predicted molar refractivity (Wildman–Crippen MR) is 118 cm³/mol. The summed E-state index contributed by atoms with van der Waals surface area (Å²) in [6.45, 7) is 16.9. The molecule has 164 valence electrons. The molecule has 0 bridgehead atoms. The molecule has 3 saturated carbocycles. The van der Waals surface area contributed by atoms with Crippen molar-refractivity contribution in [2.75, 3.05) is 0 Å². The van der Waals surface area contributed by atoms with Crippen LogP contribution in [-0.4, -0.2) is 24.4 Å². The molecule has 0 saturated heterocycles. The number of hydrogen-bond acceptors (Lipinski definition) is 2. The Morgan fingerprint density at radius 2 is 1.04 bits per heavy atom. The van der Waals surface area contributed by atoms with Gasteiger partial charge in [-0.1, -0.05) is 48.5 Å². The van der Waals surface area contributed by atoms with Crippen molar-refractivity contribution >= 4 is 0 Å². The van der Waals surface area contributed by atoms with Crippen molar-refractivity contribution in [3.05, 3.63) is 0 Å². The maximum absolute atomic E-state index is 6.85. The van der Waals surface area contributed by atoms with Crippen molar-refractivity contribution in [3.8, 4) is 0 Å². The van der Waals surface area contributed by atoms with Gasteiger partial charge in [-0.2, -0.15) is 0 Å². The Bertz CT molecular complexity index is 481. The van der Waals surface area contributed by atoms with Crippen LogP contribution in [0.1, 0.15) is 106 Å². The minimum Gasteiger partial charge on any atom is -0.372 e. The summed E-state index contributed by atoms with van der Waals surface area (Å²) in [6.07, 6.45) is 12.8. The van der Waals surface area contributed by atoms with Crippen LogP contribution in [0.4, 0.5) is 0 Å². The fourth-order valence-corrected chi connectivity index (χ4v) is 5.92. The molecule has 3 aliphatic carbocycles. The fraction of sp³-hybridized carbons (Fsp3) is 1.00. The highest BCUT2D eigenvalue weighted by atomic mass is 16.6. The first-order valence-corrected chi connectivity index (χ1v) is 12.4. The van der Waals surface area contributed by atoms with Crippen molar-refractivity contribution in [1.29, 1.82) is 0 Å². The normalized spacial score (nSPS) is 45.8. The van der Waals surface area contributed by atoms with Crippen LogP contribution >= 0.6 is 0 Å². The zero-order chi connectivity index (χ0) is 20.5. The fourth-order valence-electron chi connectivity index (χ4n) is 5.92. The standard InChI is InChI=1S/C26H48O2/c1-17-8-11-22(14-19(17)3)27-24-13-10-21(26(5,6)7)16-25(24)28-23-12-9-18(2)20(4)15-23/h17-25H,8-16H2,1-7H3. The zero-order valence-electron chi connectivity index (χ0n) is 19.9. The predicted octanol–water partition coefficient (Wildman–Crippen LogP) is 7.25. The van der Waals surface area contributed by atoms with Crippen molar-refractivity contribution in [2.24, 2.45) is 35.0 Å². The summed E-state index contributed by atoms with van der Waals surface area (Å²) < 4.78 is 13.6. The second kappa shape index (κ2) is 9.38. The van der Waals surface area contributed by atoms with Crippen molar-refractivity contribution in [3.63, 3.8) is 0 Å². The first kappa shape index (κ1) is 22.6. The van der Waals surface area contributed by atoms with Crippen LogP contribution in [0.15, 0.2) is 0 Å². The largest absolute Gasteiger partial charge is 0.372 e. The third-order valence-corrected chi connectivity index (χ3v) is 8.79. The molecule has 0 spiro atoms. The molecule has 28 heavy (non-hydrogen) atoms. The van der Waals surface area contributed by atoms with Crippen molar-refractivity contribution < 1.29 is 9.47 Å². The minimum atomic E-state index is 0.304. The van der Waals surface area contributed by atoms with Crippen LogP contribution in [0.25, 0.3) is 0 Å². The number of ether oxygens (including phenoxy) is 2. The Kier molecular flexibility index (Phi) is 7.57. The van der Waals surface area contributed by atoms with E-state index in [2.05, 4.69) is 48.5 Å². The molecule has 2 heteroatoms. The van der Waals surface area contributed by atoms with E-state index in [4.69, 9.17) is 9.47 Å². The van der Waals surface area contributed by atoms with Gasteiger partial charge < -0.3 is 9.47 Å². The Labute approximate surface area is 175 Å². The third-order valence-electron chi connectivity index (χ3n) is 8.79. The molecular formula is C26H48O2. The van der Waals surface area contributed by atoms with Gasteiger partial charge in [-0.3, -0.25) is 0 Å². The molecule has 0 aromatic heterocycles. The van der Waals surface area contributed by atoms with Gasteiger partial charge in [-0.15, -0.1) is 0 Å². The van der Waals surface area contributed by atoms with Gasteiger partial charge in [0.05, 0.1) is 24.4 Å². The summed E-state index contributed by atoms with van der Waals surface area (Å²) >= 11 is 0. The Morgan fingerprint density at radius 1 is 0.536 bits per heavy atom. The maximum Gasteiger partial charge on any atom is 0.0843 e. The third kappa shape index (κ3) is 5.75. The molecule has 0 N–H and O–H groups in total. The molecule has 0 heterocycles. The van der Waals surface area contributed by atoms with E-state index in [-0.39, 0.29) is 0 Å². The lowest BCUT2D eigenvalue weighted by Gasteiger charge is -2.45.